The first kappa shape index (κ1) is 28.6. The Balaban J connectivity index is 1.44. The van der Waals surface area contributed by atoms with Crippen molar-refractivity contribution in [3.63, 3.8) is 0 Å². The van der Waals surface area contributed by atoms with Gasteiger partial charge in [-0.25, -0.2) is 9.59 Å². The summed E-state index contributed by atoms with van der Waals surface area (Å²) in [4.78, 5) is 63.7. The summed E-state index contributed by atoms with van der Waals surface area (Å²) in [6, 6.07) is 17.9. The van der Waals surface area contributed by atoms with E-state index >= 15 is 0 Å². The molecule has 0 unspecified atom stereocenters. The summed E-state index contributed by atoms with van der Waals surface area (Å²) < 4.78 is 15.6. The lowest BCUT2D eigenvalue weighted by Gasteiger charge is -2.17. The van der Waals surface area contributed by atoms with E-state index in [0.717, 1.165) is 0 Å². The van der Waals surface area contributed by atoms with Gasteiger partial charge in [0.2, 0.25) is 0 Å². The van der Waals surface area contributed by atoms with Gasteiger partial charge in [0, 0.05) is 17.1 Å². The van der Waals surface area contributed by atoms with E-state index in [1.54, 1.807) is 50.2 Å². The second-order valence-electron chi connectivity index (χ2n) is 8.72. The van der Waals surface area contributed by atoms with Crippen molar-refractivity contribution >= 4 is 47.1 Å². The highest BCUT2D eigenvalue weighted by molar-refractivity contribution is 6.39. The number of allylic oxidation sites excluding steroid dienone is 1. The highest BCUT2D eigenvalue weighted by atomic mass is 16.5. The highest BCUT2D eigenvalue weighted by Crippen LogP contribution is 2.35. The summed E-state index contributed by atoms with van der Waals surface area (Å²) in [5.41, 5.74) is 1.87. The molecule has 0 bridgehead atoms. The van der Waals surface area contributed by atoms with Crippen LogP contribution in [0.4, 0.5) is 11.4 Å². The number of carbonyl (C=O) groups excluding carboxylic acids is 5. The average molecular weight is 558 g/mol. The second kappa shape index (κ2) is 12.6. The van der Waals surface area contributed by atoms with E-state index in [0.29, 0.717) is 28.4 Å². The number of esters is 2. The molecule has 4 rings (SSSR count). The Morgan fingerprint density at radius 3 is 2.29 bits per heavy atom. The molecular weight excluding hydrogens is 530 g/mol. The smallest absolute Gasteiger partial charge is 0.340 e. The third kappa shape index (κ3) is 6.41. The number of rotatable bonds is 8. The largest absolute Gasteiger partial charge is 0.465 e. The van der Waals surface area contributed by atoms with Crippen LogP contribution >= 0.6 is 0 Å². The van der Waals surface area contributed by atoms with E-state index in [2.05, 4.69) is 15.4 Å². The number of carbonyl (C=O) groups is 5. The van der Waals surface area contributed by atoms with Crippen LogP contribution in [0, 0.1) is 0 Å². The van der Waals surface area contributed by atoms with Gasteiger partial charge in [0.1, 0.15) is 11.5 Å². The van der Waals surface area contributed by atoms with Gasteiger partial charge in [-0.2, -0.15) is 0 Å². The molecule has 0 saturated heterocycles. The van der Waals surface area contributed by atoms with Crippen LogP contribution in [0.2, 0.25) is 0 Å². The first-order valence-electron chi connectivity index (χ1n) is 12.6. The van der Waals surface area contributed by atoms with Gasteiger partial charge in [-0.1, -0.05) is 18.2 Å². The van der Waals surface area contributed by atoms with Gasteiger partial charge in [0.15, 0.2) is 0 Å². The predicted molar refractivity (Wildman–Crippen MR) is 148 cm³/mol. The van der Waals surface area contributed by atoms with Crippen LogP contribution in [0.25, 0.3) is 6.08 Å². The van der Waals surface area contributed by atoms with E-state index < -0.39 is 29.7 Å². The first-order chi connectivity index (χ1) is 19.7. The summed E-state index contributed by atoms with van der Waals surface area (Å²) >= 11 is 0. The fourth-order valence-corrected chi connectivity index (χ4v) is 4.12. The molecule has 210 valence electrons. The monoisotopic (exact) mass is 557 g/mol. The van der Waals surface area contributed by atoms with Gasteiger partial charge < -0.3 is 24.5 Å². The highest BCUT2D eigenvalue weighted by Gasteiger charge is 2.38. The zero-order chi connectivity index (χ0) is 29.5. The predicted octanol–water partition coefficient (Wildman–Crippen LogP) is 3.59. The Morgan fingerprint density at radius 1 is 0.927 bits per heavy atom. The van der Waals surface area contributed by atoms with E-state index in [4.69, 9.17) is 9.15 Å². The average Bonchev–Trinajstić information content (AvgIpc) is 3.53. The van der Waals surface area contributed by atoms with Gasteiger partial charge >= 0.3 is 23.8 Å². The standard InChI is InChI=1S/C30H27N3O8/c1-4-40-30(38)25-18(2)33(21-8-6-5-7-9-21)28(36)24(25)16-22-14-15-23(41-22)17-31-26(34)27(35)32-20-12-10-19(11-13-20)29(37)39-3/h5-16H,4,17H2,1-3H3,(H,31,34)(H,32,35)/b24-16-. The fraction of sp³-hybridized carbons (Fsp3) is 0.167. The molecule has 3 amide bonds. The number of hydrogen-bond donors (Lipinski definition) is 2. The number of benzene rings is 2. The van der Waals surface area contributed by atoms with Gasteiger partial charge in [0.25, 0.3) is 5.91 Å². The normalized spacial score (nSPS) is 13.8. The molecule has 0 saturated carbocycles. The maximum atomic E-state index is 13.4. The SMILES string of the molecule is CCOC(=O)C1=C(C)N(c2ccccc2)C(=O)/C1=C\c1ccc(CNC(=O)C(=O)Nc2ccc(C(=O)OC)cc2)o1. The molecule has 0 aliphatic carbocycles. The molecule has 1 aliphatic rings. The van der Waals surface area contributed by atoms with E-state index in [-0.39, 0.29) is 30.1 Å². The quantitative estimate of drug-likeness (QED) is 0.243. The van der Waals surface area contributed by atoms with Gasteiger partial charge in [0.05, 0.1) is 37.0 Å². The van der Waals surface area contributed by atoms with Crippen molar-refractivity contribution in [3.8, 4) is 0 Å². The molecule has 41 heavy (non-hydrogen) atoms. The number of methoxy groups -OCH3 is 1. The lowest BCUT2D eigenvalue weighted by Crippen LogP contribution is -2.34. The van der Waals surface area contributed by atoms with E-state index in [1.807, 2.05) is 6.07 Å². The van der Waals surface area contributed by atoms with Crippen LogP contribution in [0.15, 0.2) is 88.0 Å². The zero-order valence-corrected chi connectivity index (χ0v) is 22.6. The van der Waals surface area contributed by atoms with E-state index in [9.17, 15) is 24.0 Å². The fourth-order valence-electron chi connectivity index (χ4n) is 4.12. The molecule has 11 nitrogen and oxygen atoms in total. The molecule has 0 radical (unpaired) electrons. The molecule has 0 fully saturated rings. The Bertz CT molecular complexity index is 1550. The number of furan rings is 1. The molecular formula is C30H27N3O8. The van der Waals surface area contributed by atoms with Crippen molar-refractivity contribution in [3.05, 3.63) is 101 Å². The Labute approximate surface area is 235 Å². The molecule has 1 aliphatic heterocycles. The third-order valence-electron chi connectivity index (χ3n) is 6.06. The summed E-state index contributed by atoms with van der Waals surface area (Å²) in [6.07, 6.45) is 1.44. The molecule has 2 heterocycles. The first-order valence-corrected chi connectivity index (χ1v) is 12.6. The summed E-state index contributed by atoms with van der Waals surface area (Å²) in [7, 11) is 1.26. The van der Waals surface area contributed by atoms with Crippen LogP contribution in [0.1, 0.15) is 35.7 Å². The maximum absolute atomic E-state index is 13.4. The van der Waals surface area contributed by atoms with Crippen molar-refractivity contribution in [2.45, 2.75) is 20.4 Å². The summed E-state index contributed by atoms with van der Waals surface area (Å²) in [5, 5.41) is 4.89. The Morgan fingerprint density at radius 2 is 1.63 bits per heavy atom. The molecule has 0 atom stereocenters. The van der Waals surface area contributed by atoms with Crippen molar-refractivity contribution in [1.29, 1.82) is 0 Å². The van der Waals surface area contributed by atoms with Gasteiger partial charge in [-0.15, -0.1) is 0 Å². The number of para-hydroxylation sites is 1. The minimum absolute atomic E-state index is 0.104. The molecule has 2 aromatic carbocycles. The Hall–Kier alpha value is -5.45. The maximum Gasteiger partial charge on any atom is 0.340 e. The molecule has 2 N–H and O–H groups in total. The van der Waals surface area contributed by atoms with Crippen molar-refractivity contribution < 1.29 is 37.9 Å². The summed E-state index contributed by atoms with van der Waals surface area (Å²) in [5.74, 6) is -2.83. The third-order valence-corrected chi connectivity index (χ3v) is 6.06. The lowest BCUT2D eigenvalue weighted by atomic mass is 10.1. The van der Waals surface area contributed by atoms with Gasteiger partial charge in [-0.3, -0.25) is 19.3 Å². The van der Waals surface area contributed by atoms with Gasteiger partial charge in [-0.05, 0) is 68.5 Å². The molecule has 11 heteroatoms. The topological polar surface area (TPSA) is 144 Å². The summed E-state index contributed by atoms with van der Waals surface area (Å²) in [6.45, 7) is 3.37. The zero-order valence-electron chi connectivity index (χ0n) is 22.6. The number of hydrogen-bond acceptors (Lipinski definition) is 8. The van der Waals surface area contributed by atoms with Crippen LogP contribution in [0.3, 0.4) is 0 Å². The lowest BCUT2D eigenvalue weighted by molar-refractivity contribution is -0.138. The molecule has 1 aromatic heterocycles. The number of ether oxygens (including phenoxy) is 2. The number of nitrogens with zero attached hydrogens (tertiary/aromatic N) is 1. The van der Waals surface area contributed by atoms with Crippen molar-refractivity contribution in [1.82, 2.24) is 5.32 Å². The van der Waals surface area contributed by atoms with Crippen molar-refractivity contribution in [2.75, 3.05) is 23.9 Å². The van der Waals surface area contributed by atoms with Crippen LogP contribution in [0.5, 0.6) is 0 Å². The van der Waals surface area contributed by atoms with Crippen LogP contribution < -0.4 is 15.5 Å². The number of anilines is 2. The molecule has 3 aromatic rings. The second-order valence-corrected chi connectivity index (χ2v) is 8.72. The minimum atomic E-state index is -0.915. The molecule has 0 spiro atoms. The number of nitrogens with one attached hydrogen (secondary N) is 2. The minimum Gasteiger partial charge on any atom is -0.465 e. The van der Waals surface area contributed by atoms with Crippen LogP contribution in [-0.4, -0.2) is 43.4 Å². The van der Waals surface area contributed by atoms with E-state index in [1.165, 1.54) is 42.4 Å². The van der Waals surface area contributed by atoms with Crippen molar-refractivity contribution in [2.24, 2.45) is 0 Å². The number of amides is 3. The Kier molecular flexibility index (Phi) is 8.78. The van der Waals surface area contributed by atoms with Crippen LogP contribution in [-0.2, 0) is 35.2 Å².